The van der Waals surface area contributed by atoms with Gasteiger partial charge in [-0.2, -0.15) is 15.1 Å². The summed E-state index contributed by atoms with van der Waals surface area (Å²) in [6.07, 6.45) is 0. The Morgan fingerprint density at radius 3 is 2.48 bits per heavy atom. The summed E-state index contributed by atoms with van der Waals surface area (Å²) in [6.45, 7) is 3.99. The summed E-state index contributed by atoms with van der Waals surface area (Å²) in [4.78, 5) is 12.1. The lowest BCUT2D eigenvalue weighted by molar-refractivity contribution is 0.407. The standard InChI is InChI=1S/C13H15Cl2N7O/c1-5-7(19-10(14)6(2)9(5)23-3)4-18-12-8(22-17)11(15)20-13(16)21-12/h17H,4H2,1-3H3,(H3,16,18,20,21). The quantitative estimate of drug-likeness (QED) is 0.427. The fourth-order valence-corrected chi connectivity index (χ4v) is 2.51. The molecule has 0 unspecified atom stereocenters. The number of ether oxygens (including phenoxy) is 1. The molecule has 4 N–H and O–H groups in total. The number of nitrogens with one attached hydrogen (secondary N) is 2. The van der Waals surface area contributed by atoms with Crippen LogP contribution in [0.15, 0.2) is 5.11 Å². The van der Waals surface area contributed by atoms with Crippen molar-refractivity contribution in [3.8, 4) is 5.75 Å². The number of hydrogen-bond acceptors (Lipinski definition) is 8. The number of hydrogen-bond donors (Lipinski definition) is 3. The van der Waals surface area contributed by atoms with Gasteiger partial charge in [0.05, 0.1) is 19.3 Å². The van der Waals surface area contributed by atoms with Crippen LogP contribution in [0.25, 0.3) is 0 Å². The van der Waals surface area contributed by atoms with Crippen LogP contribution >= 0.6 is 23.2 Å². The summed E-state index contributed by atoms with van der Waals surface area (Å²) >= 11 is 12.0. The molecule has 0 radical (unpaired) electrons. The molecule has 122 valence electrons. The molecule has 8 nitrogen and oxygen atoms in total. The van der Waals surface area contributed by atoms with Crippen molar-refractivity contribution in [1.82, 2.24) is 15.0 Å². The van der Waals surface area contributed by atoms with Crippen LogP contribution in [-0.2, 0) is 6.54 Å². The summed E-state index contributed by atoms with van der Waals surface area (Å²) in [5.41, 5.74) is 15.1. The van der Waals surface area contributed by atoms with Crippen LogP contribution in [0.3, 0.4) is 0 Å². The third kappa shape index (κ3) is 3.43. The van der Waals surface area contributed by atoms with E-state index >= 15 is 0 Å². The Morgan fingerprint density at radius 1 is 1.17 bits per heavy atom. The van der Waals surface area contributed by atoms with Crippen LogP contribution < -0.4 is 15.8 Å². The lowest BCUT2D eigenvalue weighted by Gasteiger charge is -2.15. The summed E-state index contributed by atoms with van der Waals surface area (Å²) in [7, 11) is 1.57. The van der Waals surface area contributed by atoms with Crippen LogP contribution in [0.2, 0.25) is 10.3 Å². The SMILES string of the molecule is COc1c(C)c(Cl)nc(CNc2nc(N)nc(Cl)c2N=N)c1C. The second-order valence-corrected chi connectivity index (χ2v) is 5.38. The van der Waals surface area contributed by atoms with Gasteiger partial charge in [-0.05, 0) is 13.8 Å². The summed E-state index contributed by atoms with van der Waals surface area (Å²) < 4.78 is 5.36. The van der Waals surface area contributed by atoms with Crippen molar-refractivity contribution < 1.29 is 4.74 Å². The summed E-state index contributed by atoms with van der Waals surface area (Å²) in [5, 5.41) is 6.67. The molecule has 10 heteroatoms. The number of halogens is 2. The summed E-state index contributed by atoms with van der Waals surface area (Å²) in [5.74, 6) is 0.899. The molecule has 0 aliphatic heterocycles. The van der Waals surface area contributed by atoms with Gasteiger partial charge in [0.2, 0.25) is 5.95 Å². The number of rotatable bonds is 5. The minimum absolute atomic E-state index is 0.000741. The van der Waals surface area contributed by atoms with Gasteiger partial charge in [-0.3, -0.25) is 0 Å². The molecule has 2 aromatic heterocycles. The molecule has 0 bridgehead atoms. The van der Waals surface area contributed by atoms with Crippen molar-refractivity contribution in [2.24, 2.45) is 5.11 Å². The molecule has 0 aromatic carbocycles. The highest BCUT2D eigenvalue weighted by molar-refractivity contribution is 6.32. The van der Waals surface area contributed by atoms with E-state index in [1.165, 1.54) is 0 Å². The molecule has 2 heterocycles. The van der Waals surface area contributed by atoms with Crippen molar-refractivity contribution in [3.05, 3.63) is 27.1 Å². The Labute approximate surface area is 142 Å². The van der Waals surface area contributed by atoms with E-state index in [-0.39, 0.29) is 29.2 Å². The minimum atomic E-state index is -0.0194. The Hall–Kier alpha value is -2.19. The second-order valence-electron chi connectivity index (χ2n) is 4.67. The molecule has 0 saturated heterocycles. The maximum atomic E-state index is 7.17. The third-order valence-corrected chi connectivity index (χ3v) is 3.89. The monoisotopic (exact) mass is 355 g/mol. The predicted octanol–water partition coefficient (Wildman–Crippen LogP) is 3.66. The van der Waals surface area contributed by atoms with Crippen LogP contribution in [-0.4, -0.2) is 22.1 Å². The first-order chi connectivity index (χ1) is 10.9. The van der Waals surface area contributed by atoms with E-state index < -0.39 is 0 Å². The zero-order chi connectivity index (χ0) is 17.1. The number of methoxy groups -OCH3 is 1. The van der Waals surface area contributed by atoms with Crippen molar-refractivity contribution in [2.75, 3.05) is 18.2 Å². The number of nitrogen functional groups attached to an aromatic ring is 1. The molecule has 0 aliphatic carbocycles. The Bertz CT molecular complexity index is 767. The van der Waals surface area contributed by atoms with E-state index in [0.717, 1.165) is 11.1 Å². The van der Waals surface area contributed by atoms with E-state index in [1.807, 2.05) is 13.8 Å². The van der Waals surface area contributed by atoms with Crippen LogP contribution in [0.1, 0.15) is 16.8 Å². The molecule has 0 saturated carbocycles. The molecular weight excluding hydrogens is 341 g/mol. The van der Waals surface area contributed by atoms with Crippen LogP contribution in [0.4, 0.5) is 17.5 Å². The average Bonchev–Trinajstić information content (AvgIpc) is 2.49. The molecule has 2 aromatic rings. The molecular formula is C13H15Cl2N7O. The molecule has 0 spiro atoms. The van der Waals surface area contributed by atoms with Gasteiger partial charge < -0.3 is 15.8 Å². The van der Waals surface area contributed by atoms with Crippen LogP contribution in [0.5, 0.6) is 5.75 Å². The zero-order valence-corrected chi connectivity index (χ0v) is 14.2. The number of aromatic nitrogens is 3. The van der Waals surface area contributed by atoms with Crippen molar-refractivity contribution >= 4 is 40.7 Å². The number of nitrogens with zero attached hydrogens (tertiary/aromatic N) is 4. The lowest BCUT2D eigenvalue weighted by atomic mass is 10.1. The first-order valence-corrected chi connectivity index (χ1v) is 7.28. The molecule has 0 aliphatic rings. The zero-order valence-electron chi connectivity index (χ0n) is 12.7. The van der Waals surface area contributed by atoms with Crippen molar-refractivity contribution in [2.45, 2.75) is 20.4 Å². The van der Waals surface area contributed by atoms with Crippen molar-refractivity contribution in [1.29, 1.82) is 5.53 Å². The Kier molecular flexibility index (Phi) is 5.17. The first-order valence-electron chi connectivity index (χ1n) is 6.52. The molecule has 2 rings (SSSR count). The first kappa shape index (κ1) is 17.2. The highest BCUT2D eigenvalue weighted by Crippen LogP contribution is 2.33. The van der Waals surface area contributed by atoms with Gasteiger partial charge in [0, 0.05) is 11.1 Å². The van der Waals surface area contributed by atoms with E-state index in [0.29, 0.717) is 16.6 Å². The predicted molar refractivity (Wildman–Crippen MR) is 88.9 cm³/mol. The normalized spacial score (nSPS) is 10.5. The third-order valence-electron chi connectivity index (χ3n) is 3.25. The van der Waals surface area contributed by atoms with E-state index in [2.05, 4.69) is 25.4 Å². The number of anilines is 2. The number of pyridine rings is 1. The highest BCUT2D eigenvalue weighted by atomic mass is 35.5. The minimum Gasteiger partial charge on any atom is -0.496 e. The summed E-state index contributed by atoms with van der Waals surface area (Å²) in [6, 6.07) is 0. The maximum Gasteiger partial charge on any atom is 0.223 e. The van der Waals surface area contributed by atoms with E-state index in [9.17, 15) is 0 Å². The Balaban J connectivity index is 2.36. The smallest absolute Gasteiger partial charge is 0.223 e. The molecule has 0 amide bonds. The van der Waals surface area contributed by atoms with Gasteiger partial charge in [-0.15, -0.1) is 0 Å². The van der Waals surface area contributed by atoms with Gasteiger partial charge in [-0.25, -0.2) is 10.5 Å². The van der Waals surface area contributed by atoms with Gasteiger partial charge >= 0.3 is 0 Å². The van der Waals surface area contributed by atoms with Gasteiger partial charge in [0.1, 0.15) is 10.9 Å². The van der Waals surface area contributed by atoms with Crippen LogP contribution in [0, 0.1) is 19.4 Å². The highest BCUT2D eigenvalue weighted by Gasteiger charge is 2.16. The number of nitrogens with two attached hydrogens (primary N) is 1. The Morgan fingerprint density at radius 2 is 1.87 bits per heavy atom. The van der Waals surface area contributed by atoms with Gasteiger partial charge in [0.25, 0.3) is 0 Å². The fourth-order valence-electron chi connectivity index (χ4n) is 2.10. The lowest BCUT2D eigenvalue weighted by Crippen LogP contribution is -2.09. The van der Waals surface area contributed by atoms with E-state index in [4.69, 9.17) is 39.2 Å². The van der Waals surface area contributed by atoms with E-state index in [1.54, 1.807) is 7.11 Å². The molecule has 23 heavy (non-hydrogen) atoms. The molecule has 0 fully saturated rings. The van der Waals surface area contributed by atoms with Gasteiger partial charge in [0.15, 0.2) is 16.7 Å². The van der Waals surface area contributed by atoms with Crippen molar-refractivity contribution in [3.63, 3.8) is 0 Å². The topological polar surface area (TPSA) is 122 Å². The fraction of sp³-hybridized carbons (Fsp3) is 0.308. The van der Waals surface area contributed by atoms with Gasteiger partial charge in [-0.1, -0.05) is 23.2 Å². The maximum absolute atomic E-state index is 7.17. The largest absolute Gasteiger partial charge is 0.496 e. The second kappa shape index (κ2) is 6.93. The molecule has 0 atom stereocenters. The average molecular weight is 356 g/mol.